The highest BCUT2D eigenvalue weighted by molar-refractivity contribution is 5.82. The number of aromatic amines is 1. The van der Waals surface area contributed by atoms with Crippen molar-refractivity contribution in [1.29, 1.82) is 0 Å². The summed E-state index contributed by atoms with van der Waals surface area (Å²) in [4.78, 5) is 3.44. The van der Waals surface area contributed by atoms with Crippen LogP contribution in [-0.4, -0.2) is 12.1 Å². The molecule has 0 aliphatic carbocycles. The Bertz CT molecular complexity index is 459. The van der Waals surface area contributed by atoms with Crippen LogP contribution in [0, 0.1) is 0 Å². The summed E-state index contributed by atoms with van der Waals surface area (Å²) in [5.41, 5.74) is 2.46. The molecular weight excluding hydrogens is 186 g/mol. The van der Waals surface area contributed by atoms with Crippen molar-refractivity contribution in [3.8, 4) is 5.75 Å². The highest BCUT2D eigenvalue weighted by Gasteiger charge is 2.07. The lowest BCUT2D eigenvalue weighted by Crippen LogP contribution is -1.89. The highest BCUT2D eigenvalue weighted by Crippen LogP contribution is 2.25. The fourth-order valence-corrected chi connectivity index (χ4v) is 1.74. The van der Waals surface area contributed by atoms with E-state index < -0.39 is 0 Å². The lowest BCUT2D eigenvalue weighted by Gasteiger charge is -2.03. The summed E-state index contributed by atoms with van der Waals surface area (Å²) in [5, 5.41) is 1.26. The highest BCUT2D eigenvalue weighted by atomic mass is 16.5. The van der Waals surface area contributed by atoms with Crippen LogP contribution >= 0.6 is 0 Å². The lowest BCUT2D eigenvalue weighted by atomic mass is 10.1. The number of methoxy groups -OCH3 is 1. The quantitative estimate of drug-likeness (QED) is 0.808. The topological polar surface area (TPSA) is 25.0 Å². The van der Waals surface area contributed by atoms with E-state index in [0.29, 0.717) is 5.92 Å². The van der Waals surface area contributed by atoms with Gasteiger partial charge in [0, 0.05) is 17.3 Å². The van der Waals surface area contributed by atoms with E-state index in [0.717, 1.165) is 17.7 Å². The molecule has 2 rings (SSSR count). The first kappa shape index (κ1) is 10.1. The Balaban J connectivity index is 2.46. The Morgan fingerprint density at radius 2 is 2.13 bits per heavy atom. The molecule has 0 saturated heterocycles. The van der Waals surface area contributed by atoms with E-state index in [1.54, 1.807) is 7.11 Å². The van der Waals surface area contributed by atoms with Gasteiger partial charge in [-0.3, -0.25) is 0 Å². The number of rotatable bonds is 3. The molecular formula is C13H17NO. The van der Waals surface area contributed by atoms with Gasteiger partial charge in [-0.15, -0.1) is 0 Å². The fourth-order valence-electron chi connectivity index (χ4n) is 1.74. The normalized spacial score (nSPS) is 13.0. The van der Waals surface area contributed by atoms with Gasteiger partial charge in [0.15, 0.2) is 0 Å². The van der Waals surface area contributed by atoms with Crippen molar-refractivity contribution >= 4 is 10.9 Å². The van der Waals surface area contributed by atoms with Crippen LogP contribution in [0.4, 0.5) is 0 Å². The SMILES string of the molecule is CCC(C)c1cc2ccc(OC)cc2[nH]1. The number of aromatic nitrogens is 1. The molecule has 0 saturated carbocycles. The number of ether oxygens (including phenoxy) is 1. The number of hydrogen-bond donors (Lipinski definition) is 1. The molecule has 1 aromatic heterocycles. The summed E-state index contributed by atoms with van der Waals surface area (Å²) in [6.45, 7) is 4.44. The first-order chi connectivity index (χ1) is 7.24. The van der Waals surface area contributed by atoms with E-state index in [4.69, 9.17) is 4.74 Å². The van der Waals surface area contributed by atoms with Gasteiger partial charge < -0.3 is 9.72 Å². The summed E-state index contributed by atoms with van der Waals surface area (Å²) in [6.07, 6.45) is 1.16. The minimum Gasteiger partial charge on any atom is -0.497 e. The van der Waals surface area contributed by atoms with Crippen LogP contribution in [0.1, 0.15) is 31.9 Å². The van der Waals surface area contributed by atoms with Crippen molar-refractivity contribution in [3.05, 3.63) is 30.0 Å². The molecule has 0 radical (unpaired) electrons. The molecule has 0 bridgehead atoms. The Morgan fingerprint density at radius 1 is 1.33 bits per heavy atom. The standard InChI is InChI=1S/C13H17NO/c1-4-9(2)12-7-10-5-6-11(15-3)8-13(10)14-12/h5-9,14H,4H2,1-3H3. The second kappa shape index (κ2) is 3.97. The van der Waals surface area contributed by atoms with Crippen molar-refractivity contribution in [1.82, 2.24) is 4.98 Å². The molecule has 0 fully saturated rings. The predicted molar refractivity (Wildman–Crippen MR) is 63.6 cm³/mol. The molecule has 1 unspecified atom stereocenters. The number of benzene rings is 1. The third kappa shape index (κ3) is 1.84. The van der Waals surface area contributed by atoms with Crippen LogP contribution in [-0.2, 0) is 0 Å². The molecule has 80 valence electrons. The molecule has 2 nitrogen and oxygen atoms in total. The third-order valence-electron chi connectivity index (χ3n) is 2.99. The second-order valence-electron chi connectivity index (χ2n) is 3.99. The molecule has 0 aliphatic heterocycles. The Labute approximate surface area is 90.3 Å². The van der Waals surface area contributed by atoms with Gasteiger partial charge >= 0.3 is 0 Å². The largest absolute Gasteiger partial charge is 0.497 e. The van der Waals surface area contributed by atoms with Gasteiger partial charge in [0.25, 0.3) is 0 Å². The zero-order chi connectivity index (χ0) is 10.8. The van der Waals surface area contributed by atoms with Crippen LogP contribution in [0.2, 0.25) is 0 Å². The predicted octanol–water partition coefficient (Wildman–Crippen LogP) is 3.69. The molecule has 1 N–H and O–H groups in total. The van der Waals surface area contributed by atoms with Crippen molar-refractivity contribution in [3.63, 3.8) is 0 Å². The number of H-pyrrole nitrogens is 1. The maximum absolute atomic E-state index is 5.20. The van der Waals surface area contributed by atoms with Crippen molar-refractivity contribution < 1.29 is 4.74 Å². The molecule has 1 atom stereocenters. The fraction of sp³-hybridized carbons (Fsp3) is 0.385. The maximum atomic E-state index is 5.20. The van der Waals surface area contributed by atoms with Crippen LogP contribution in [0.25, 0.3) is 10.9 Å². The average molecular weight is 203 g/mol. The molecule has 0 aliphatic rings. The van der Waals surface area contributed by atoms with Gasteiger partial charge in [0.05, 0.1) is 7.11 Å². The molecule has 2 heteroatoms. The first-order valence-electron chi connectivity index (χ1n) is 5.41. The summed E-state index contributed by atoms with van der Waals surface area (Å²) in [5.74, 6) is 1.49. The maximum Gasteiger partial charge on any atom is 0.120 e. The zero-order valence-electron chi connectivity index (χ0n) is 9.50. The first-order valence-corrected chi connectivity index (χ1v) is 5.41. The van der Waals surface area contributed by atoms with E-state index in [1.807, 2.05) is 12.1 Å². The molecule has 15 heavy (non-hydrogen) atoms. The minimum atomic E-state index is 0.586. The van der Waals surface area contributed by atoms with Gasteiger partial charge in [-0.1, -0.05) is 13.8 Å². The van der Waals surface area contributed by atoms with Gasteiger partial charge in [-0.25, -0.2) is 0 Å². The van der Waals surface area contributed by atoms with E-state index in [2.05, 4.69) is 31.0 Å². The van der Waals surface area contributed by atoms with Crippen molar-refractivity contribution in [2.24, 2.45) is 0 Å². The third-order valence-corrected chi connectivity index (χ3v) is 2.99. The summed E-state index contributed by atoms with van der Waals surface area (Å²) >= 11 is 0. The molecule has 2 aromatic rings. The number of nitrogens with one attached hydrogen (secondary N) is 1. The van der Waals surface area contributed by atoms with E-state index in [1.165, 1.54) is 11.1 Å². The zero-order valence-corrected chi connectivity index (χ0v) is 9.50. The van der Waals surface area contributed by atoms with Gasteiger partial charge in [-0.05, 0) is 35.9 Å². The van der Waals surface area contributed by atoms with E-state index >= 15 is 0 Å². The molecule has 1 aromatic carbocycles. The molecule has 0 amide bonds. The summed E-state index contributed by atoms with van der Waals surface area (Å²) in [7, 11) is 1.69. The van der Waals surface area contributed by atoms with Crippen LogP contribution in [0.3, 0.4) is 0 Å². The van der Waals surface area contributed by atoms with Gasteiger partial charge in [0.2, 0.25) is 0 Å². The van der Waals surface area contributed by atoms with Crippen LogP contribution in [0.5, 0.6) is 5.75 Å². The minimum absolute atomic E-state index is 0.586. The van der Waals surface area contributed by atoms with Gasteiger partial charge in [-0.2, -0.15) is 0 Å². The van der Waals surface area contributed by atoms with Crippen molar-refractivity contribution in [2.45, 2.75) is 26.2 Å². The Kier molecular flexibility index (Phi) is 2.67. The van der Waals surface area contributed by atoms with Gasteiger partial charge in [0.1, 0.15) is 5.75 Å². The Hall–Kier alpha value is -1.44. The summed E-state index contributed by atoms with van der Waals surface area (Å²) < 4.78 is 5.20. The van der Waals surface area contributed by atoms with E-state index in [9.17, 15) is 0 Å². The average Bonchev–Trinajstić information content (AvgIpc) is 2.70. The second-order valence-corrected chi connectivity index (χ2v) is 3.99. The van der Waals surface area contributed by atoms with Crippen LogP contribution < -0.4 is 4.74 Å². The smallest absolute Gasteiger partial charge is 0.120 e. The van der Waals surface area contributed by atoms with E-state index in [-0.39, 0.29) is 0 Å². The molecule has 1 heterocycles. The van der Waals surface area contributed by atoms with Crippen LogP contribution in [0.15, 0.2) is 24.3 Å². The number of hydrogen-bond acceptors (Lipinski definition) is 1. The monoisotopic (exact) mass is 203 g/mol. The van der Waals surface area contributed by atoms with Crippen molar-refractivity contribution in [2.75, 3.05) is 7.11 Å². The Morgan fingerprint density at radius 3 is 2.80 bits per heavy atom. The lowest BCUT2D eigenvalue weighted by molar-refractivity contribution is 0.415. The number of fused-ring (bicyclic) bond motifs is 1. The molecule has 0 spiro atoms. The summed E-state index contributed by atoms with van der Waals surface area (Å²) in [6, 6.07) is 8.36.